The lowest BCUT2D eigenvalue weighted by molar-refractivity contribution is 0.0526. The molecule has 0 bridgehead atoms. The summed E-state index contributed by atoms with van der Waals surface area (Å²) in [6.07, 6.45) is 0. The van der Waals surface area contributed by atoms with Gasteiger partial charge in [0.15, 0.2) is 0 Å². The van der Waals surface area contributed by atoms with Gasteiger partial charge >= 0.3 is 5.97 Å². The monoisotopic (exact) mass is 350 g/mol. The summed E-state index contributed by atoms with van der Waals surface area (Å²) in [7, 11) is 0. The molecule has 25 heavy (non-hydrogen) atoms. The molecule has 0 N–H and O–H groups in total. The molecule has 0 spiro atoms. The molecule has 3 aromatic rings. The van der Waals surface area contributed by atoms with E-state index in [9.17, 15) is 4.79 Å². The molecule has 0 unspecified atom stereocenters. The minimum Gasteiger partial charge on any atom is -0.462 e. The second-order valence-corrected chi connectivity index (χ2v) is 7.33. The highest BCUT2D eigenvalue weighted by Crippen LogP contribution is 2.35. The van der Waals surface area contributed by atoms with Crippen molar-refractivity contribution in [2.24, 2.45) is 0 Å². The fraction of sp³-hybridized carbons (Fsp3) is 0.227. The second kappa shape index (κ2) is 7.66. The van der Waals surface area contributed by atoms with Gasteiger partial charge in [-0.25, -0.2) is 4.79 Å². The number of benzene rings is 2. The second-order valence-electron chi connectivity index (χ2n) is 6.24. The number of carbonyl (C=O) groups is 1. The van der Waals surface area contributed by atoms with Gasteiger partial charge in [0.05, 0.1) is 12.2 Å². The van der Waals surface area contributed by atoms with Gasteiger partial charge in [-0.15, -0.1) is 11.3 Å². The lowest BCUT2D eigenvalue weighted by Crippen LogP contribution is -2.04. The zero-order valence-corrected chi connectivity index (χ0v) is 15.6. The van der Waals surface area contributed by atoms with Crippen molar-refractivity contribution in [2.45, 2.75) is 26.7 Å². The van der Waals surface area contributed by atoms with Gasteiger partial charge in [-0.1, -0.05) is 50.2 Å². The van der Waals surface area contributed by atoms with Crippen LogP contribution in [0.15, 0.2) is 60.7 Å². The molecule has 3 heteroatoms. The molecule has 0 atom stereocenters. The van der Waals surface area contributed by atoms with Gasteiger partial charge in [-0.3, -0.25) is 0 Å². The summed E-state index contributed by atoms with van der Waals surface area (Å²) < 4.78 is 5.09. The molecular weight excluding hydrogens is 328 g/mol. The van der Waals surface area contributed by atoms with Gasteiger partial charge in [-0.05, 0) is 53.8 Å². The Balaban J connectivity index is 1.86. The number of thiophene rings is 1. The third kappa shape index (κ3) is 3.99. The molecule has 3 rings (SSSR count). The first kappa shape index (κ1) is 17.4. The molecule has 0 fully saturated rings. The predicted octanol–water partition coefficient (Wildman–Crippen LogP) is 6.38. The zero-order chi connectivity index (χ0) is 17.8. The Bertz CT molecular complexity index is 860. The Hall–Kier alpha value is -2.39. The summed E-state index contributed by atoms with van der Waals surface area (Å²) >= 11 is 1.73. The quantitative estimate of drug-likeness (QED) is 0.499. The molecule has 0 saturated carbocycles. The molecule has 2 aromatic carbocycles. The van der Waals surface area contributed by atoms with Crippen LogP contribution >= 0.6 is 11.3 Å². The van der Waals surface area contributed by atoms with Gasteiger partial charge in [-0.2, -0.15) is 0 Å². The average Bonchev–Trinajstić information content (AvgIpc) is 3.12. The lowest BCUT2D eigenvalue weighted by atomic mass is 10.0. The summed E-state index contributed by atoms with van der Waals surface area (Å²) in [4.78, 5) is 14.3. The van der Waals surface area contributed by atoms with Crippen molar-refractivity contribution < 1.29 is 9.53 Å². The summed E-state index contributed by atoms with van der Waals surface area (Å²) in [5.74, 6) is 0.268. The number of esters is 1. The Morgan fingerprint density at radius 3 is 2.28 bits per heavy atom. The van der Waals surface area contributed by atoms with E-state index in [1.807, 2.05) is 25.1 Å². The maximum atomic E-state index is 11.9. The van der Waals surface area contributed by atoms with Crippen molar-refractivity contribution >= 4 is 17.3 Å². The molecule has 1 aromatic heterocycles. The van der Waals surface area contributed by atoms with Crippen LogP contribution in [0.2, 0.25) is 0 Å². The number of hydrogen-bond acceptors (Lipinski definition) is 3. The van der Waals surface area contributed by atoms with Crippen molar-refractivity contribution in [1.82, 2.24) is 0 Å². The van der Waals surface area contributed by atoms with E-state index in [1.165, 1.54) is 16.0 Å². The van der Waals surface area contributed by atoms with Gasteiger partial charge in [0, 0.05) is 9.75 Å². The highest BCUT2D eigenvalue weighted by molar-refractivity contribution is 7.18. The molecule has 1 heterocycles. The van der Waals surface area contributed by atoms with Crippen molar-refractivity contribution in [2.75, 3.05) is 6.61 Å². The van der Waals surface area contributed by atoms with Crippen molar-refractivity contribution in [3.05, 3.63) is 71.8 Å². The van der Waals surface area contributed by atoms with Crippen LogP contribution in [-0.2, 0) is 4.74 Å². The van der Waals surface area contributed by atoms with E-state index >= 15 is 0 Å². The van der Waals surface area contributed by atoms with Crippen LogP contribution in [0, 0.1) is 0 Å². The third-order valence-electron chi connectivity index (χ3n) is 4.13. The SMILES string of the molecule is CCOC(=O)c1cccc(-c2ccc(-c3ccc(C(C)C)cc3)s2)c1. The molecule has 0 aliphatic rings. The first-order chi connectivity index (χ1) is 12.1. The van der Waals surface area contributed by atoms with Crippen LogP contribution < -0.4 is 0 Å². The van der Waals surface area contributed by atoms with Crippen molar-refractivity contribution in [3.63, 3.8) is 0 Å². The number of hydrogen-bond donors (Lipinski definition) is 0. The van der Waals surface area contributed by atoms with E-state index in [1.54, 1.807) is 17.4 Å². The van der Waals surface area contributed by atoms with E-state index in [2.05, 4.69) is 50.2 Å². The fourth-order valence-electron chi connectivity index (χ4n) is 2.69. The molecule has 0 aliphatic heterocycles. The van der Waals surface area contributed by atoms with Gasteiger partial charge in [0.1, 0.15) is 0 Å². The Morgan fingerprint density at radius 1 is 0.960 bits per heavy atom. The zero-order valence-electron chi connectivity index (χ0n) is 14.8. The molecular formula is C22H22O2S. The summed E-state index contributed by atoms with van der Waals surface area (Å²) in [5.41, 5.74) is 4.21. The first-order valence-corrected chi connectivity index (χ1v) is 9.38. The number of carbonyl (C=O) groups excluding carboxylic acids is 1. The Labute approximate surface area is 153 Å². The topological polar surface area (TPSA) is 26.3 Å². The van der Waals surface area contributed by atoms with Crippen LogP contribution in [0.5, 0.6) is 0 Å². The molecule has 128 valence electrons. The van der Waals surface area contributed by atoms with Crippen molar-refractivity contribution in [3.8, 4) is 20.9 Å². The Morgan fingerprint density at radius 2 is 1.64 bits per heavy atom. The number of rotatable bonds is 5. The summed E-state index contributed by atoms with van der Waals surface area (Å²) in [6.45, 7) is 6.61. The first-order valence-electron chi connectivity index (χ1n) is 8.56. The fourth-order valence-corrected chi connectivity index (χ4v) is 3.70. The lowest BCUT2D eigenvalue weighted by Gasteiger charge is -2.06. The maximum Gasteiger partial charge on any atom is 0.338 e. The molecule has 0 aliphatic carbocycles. The van der Waals surface area contributed by atoms with E-state index in [0.717, 1.165) is 10.4 Å². The van der Waals surface area contributed by atoms with Gasteiger partial charge in [0.25, 0.3) is 0 Å². The highest BCUT2D eigenvalue weighted by Gasteiger charge is 2.10. The van der Waals surface area contributed by atoms with Gasteiger partial charge < -0.3 is 4.74 Å². The summed E-state index contributed by atoms with van der Waals surface area (Å²) in [6, 6.07) is 20.6. The summed E-state index contributed by atoms with van der Waals surface area (Å²) in [5, 5.41) is 0. The van der Waals surface area contributed by atoms with Crippen LogP contribution in [0.3, 0.4) is 0 Å². The smallest absolute Gasteiger partial charge is 0.338 e. The Kier molecular flexibility index (Phi) is 5.34. The number of ether oxygens (including phenoxy) is 1. The van der Waals surface area contributed by atoms with E-state index in [0.29, 0.717) is 18.1 Å². The van der Waals surface area contributed by atoms with E-state index < -0.39 is 0 Å². The largest absolute Gasteiger partial charge is 0.462 e. The minimum atomic E-state index is -0.273. The predicted molar refractivity (Wildman–Crippen MR) is 105 cm³/mol. The normalized spacial score (nSPS) is 10.9. The maximum absolute atomic E-state index is 11.9. The molecule has 2 nitrogen and oxygen atoms in total. The third-order valence-corrected chi connectivity index (χ3v) is 5.31. The highest BCUT2D eigenvalue weighted by atomic mass is 32.1. The van der Waals surface area contributed by atoms with Crippen LogP contribution in [0.25, 0.3) is 20.9 Å². The van der Waals surface area contributed by atoms with Gasteiger partial charge in [0.2, 0.25) is 0 Å². The van der Waals surface area contributed by atoms with Crippen LogP contribution in [0.1, 0.15) is 42.6 Å². The minimum absolute atomic E-state index is 0.273. The molecule has 0 amide bonds. The molecule has 0 radical (unpaired) electrons. The van der Waals surface area contributed by atoms with E-state index in [4.69, 9.17) is 4.74 Å². The van der Waals surface area contributed by atoms with Crippen LogP contribution in [-0.4, -0.2) is 12.6 Å². The molecule has 0 saturated heterocycles. The standard InChI is InChI=1S/C22H22O2S/c1-4-24-22(23)19-7-5-6-18(14-19)21-13-12-20(25-21)17-10-8-16(9-11-17)15(2)3/h5-15H,4H2,1-3H3. The van der Waals surface area contributed by atoms with Crippen LogP contribution in [0.4, 0.5) is 0 Å². The average molecular weight is 350 g/mol. The van der Waals surface area contributed by atoms with E-state index in [-0.39, 0.29) is 5.97 Å². The van der Waals surface area contributed by atoms with Crippen molar-refractivity contribution in [1.29, 1.82) is 0 Å².